The SMILES string of the molecule is CCCCCO[n+]1ccccc1C. The van der Waals surface area contributed by atoms with Crippen LogP contribution in [0, 0.1) is 6.92 Å². The predicted octanol–water partition coefficient (Wildman–Crippen LogP) is 1.90. The molecule has 2 nitrogen and oxygen atoms in total. The summed E-state index contributed by atoms with van der Waals surface area (Å²) in [5.74, 6) is 0. The third-order valence-electron chi connectivity index (χ3n) is 2.00. The highest BCUT2D eigenvalue weighted by Crippen LogP contribution is 1.92. The van der Waals surface area contributed by atoms with Crippen molar-refractivity contribution in [2.75, 3.05) is 6.61 Å². The molecule has 0 unspecified atom stereocenters. The van der Waals surface area contributed by atoms with Gasteiger partial charge in [0.05, 0.1) is 0 Å². The minimum atomic E-state index is 0.809. The minimum absolute atomic E-state index is 0.809. The molecule has 2 heteroatoms. The quantitative estimate of drug-likeness (QED) is 0.498. The Morgan fingerprint density at radius 3 is 2.85 bits per heavy atom. The van der Waals surface area contributed by atoms with Gasteiger partial charge in [-0.1, -0.05) is 19.8 Å². The highest BCUT2D eigenvalue weighted by molar-refractivity contribution is 4.93. The standard InChI is InChI=1S/C11H18NO/c1-3-4-7-10-13-12-9-6-5-8-11(12)2/h5-6,8-9H,3-4,7,10H2,1-2H3/q+1. The number of nitrogens with zero attached hydrogens (tertiary/aromatic N) is 1. The number of unbranched alkanes of at least 4 members (excludes halogenated alkanes) is 2. The van der Waals surface area contributed by atoms with E-state index in [0.29, 0.717) is 0 Å². The summed E-state index contributed by atoms with van der Waals surface area (Å²) < 4.78 is 1.83. The van der Waals surface area contributed by atoms with Crippen LogP contribution in [0.25, 0.3) is 0 Å². The maximum Gasteiger partial charge on any atom is 0.231 e. The van der Waals surface area contributed by atoms with Gasteiger partial charge in [0.15, 0.2) is 6.61 Å². The van der Waals surface area contributed by atoms with E-state index in [9.17, 15) is 0 Å². The Bertz CT molecular complexity index is 248. The van der Waals surface area contributed by atoms with Gasteiger partial charge in [-0.2, -0.15) is 0 Å². The Balaban J connectivity index is 2.32. The zero-order valence-corrected chi connectivity index (χ0v) is 8.49. The average molecular weight is 180 g/mol. The van der Waals surface area contributed by atoms with Crippen molar-refractivity contribution in [3.8, 4) is 0 Å². The Labute approximate surface area is 80.1 Å². The second-order valence-electron chi connectivity index (χ2n) is 3.21. The number of pyridine rings is 1. The van der Waals surface area contributed by atoms with Crippen LogP contribution in [-0.4, -0.2) is 6.61 Å². The van der Waals surface area contributed by atoms with Crippen LogP contribution in [0.2, 0.25) is 0 Å². The molecule has 0 amide bonds. The van der Waals surface area contributed by atoms with Crippen molar-refractivity contribution in [2.45, 2.75) is 33.1 Å². The molecule has 0 fully saturated rings. The van der Waals surface area contributed by atoms with Crippen LogP contribution in [0.5, 0.6) is 0 Å². The van der Waals surface area contributed by atoms with Crippen LogP contribution < -0.4 is 9.57 Å². The van der Waals surface area contributed by atoms with Gasteiger partial charge >= 0.3 is 0 Å². The molecule has 1 aromatic heterocycles. The van der Waals surface area contributed by atoms with Crippen molar-refractivity contribution >= 4 is 0 Å². The van der Waals surface area contributed by atoms with E-state index < -0.39 is 0 Å². The molecular weight excluding hydrogens is 162 g/mol. The largest absolute Gasteiger partial charge is 0.271 e. The lowest BCUT2D eigenvalue weighted by Gasteiger charge is -1.99. The van der Waals surface area contributed by atoms with Gasteiger partial charge in [-0.15, -0.1) is 0 Å². The van der Waals surface area contributed by atoms with Gasteiger partial charge in [-0.3, -0.25) is 4.84 Å². The fourth-order valence-corrected chi connectivity index (χ4v) is 1.17. The Kier molecular flexibility index (Phi) is 4.30. The summed E-state index contributed by atoms with van der Waals surface area (Å²) >= 11 is 0. The van der Waals surface area contributed by atoms with Crippen molar-refractivity contribution in [3.05, 3.63) is 30.1 Å². The molecule has 0 saturated carbocycles. The maximum atomic E-state index is 5.56. The monoisotopic (exact) mass is 180 g/mol. The van der Waals surface area contributed by atoms with Crippen LogP contribution in [0.4, 0.5) is 0 Å². The molecular formula is C11H18NO+. The van der Waals surface area contributed by atoms with Crippen LogP contribution in [-0.2, 0) is 0 Å². The van der Waals surface area contributed by atoms with Crippen molar-refractivity contribution in [3.63, 3.8) is 0 Å². The fourth-order valence-electron chi connectivity index (χ4n) is 1.17. The molecule has 1 rings (SSSR count). The number of aromatic nitrogens is 1. The van der Waals surface area contributed by atoms with E-state index in [1.165, 1.54) is 12.8 Å². The van der Waals surface area contributed by atoms with E-state index in [4.69, 9.17) is 4.84 Å². The lowest BCUT2D eigenvalue weighted by atomic mass is 10.3. The average Bonchev–Trinajstić information content (AvgIpc) is 2.15. The second-order valence-corrected chi connectivity index (χ2v) is 3.21. The van der Waals surface area contributed by atoms with Crippen molar-refractivity contribution < 1.29 is 9.57 Å². The molecule has 0 N–H and O–H groups in total. The van der Waals surface area contributed by atoms with Crippen LogP contribution in [0.15, 0.2) is 24.4 Å². The maximum absolute atomic E-state index is 5.56. The first-order chi connectivity index (χ1) is 6.34. The summed E-state index contributed by atoms with van der Waals surface area (Å²) in [6, 6.07) is 6.04. The van der Waals surface area contributed by atoms with Crippen LogP contribution >= 0.6 is 0 Å². The number of aryl methyl sites for hydroxylation is 1. The number of hydrogen-bond donors (Lipinski definition) is 0. The summed E-state index contributed by atoms with van der Waals surface area (Å²) in [5.41, 5.74) is 1.14. The lowest BCUT2D eigenvalue weighted by Crippen LogP contribution is -2.45. The molecule has 13 heavy (non-hydrogen) atoms. The normalized spacial score (nSPS) is 10.0. The van der Waals surface area contributed by atoms with E-state index in [1.807, 2.05) is 36.1 Å². The van der Waals surface area contributed by atoms with Crippen molar-refractivity contribution in [1.29, 1.82) is 0 Å². The van der Waals surface area contributed by atoms with Gasteiger partial charge in [0.2, 0.25) is 11.9 Å². The predicted molar refractivity (Wildman–Crippen MR) is 52.3 cm³/mol. The first-order valence-corrected chi connectivity index (χ1v) is 4.95. The van der Waals surface area contributed by atoms with Gasteiger partial charge in [-0.25, -0.2) is 0 Å². The molecule has 0 aromatic carbocycles. The first-order valence-electron chi connectivity index (χ1n) is 4.95. The van der Waals surface area contributed by atoms with Crippen LogP contribution in [0.1, 0.15) is 31.9 Å². The molecule has 0 aliphatic heterocycles. The number of rotatable bonds is 5. The smallest absolute Gasteiger partial charge is 0.231 e. The highest BCUT2D eigenvalue weighted by atomic mass is 16.7. The number of hydrogen-bond acceptors (Lipinski definition) is 1. The molecule has 72 valence electrons. The summed E-state index contributed by atoms with van der Waals surface area (Å²) in [5, 5.41) is 0. The van der Waals surface area contributed by atoms with Gasteiger partial charge in [0.1, 0.15) is 0 Å². The lowest BCUT2D eigenvalue weighted by molar-refractivity contribution is -0.895. The van der Waals surface area contributed by atoms with Crippen molar-refractivity contribution in [1.82, 2.24) is 0 Å². The Hall–Kier alpha value is -1.05. The third-order valence-corrected chi connectivity index (χ3v) is 2.00. The van der Waals surface area contributed by atoms with E-state index in [1.54, 1.807) is 0 Å². The van der Waals surface area contributed by atoms with Gasteiger partial charge in [-0.05, 0) is 12.5 Å². The molecule has 0 aliphatic carbocycles. The summed E-state index contributed by atoms with van der Waals surface area (Å²) in [6.07, 6.45) is 5.56. The van der Waals surface area contributed by atoms with Crippen LogP contribution in [0.3, 0.4) is 0 Å². The molecule has 1 heterocycles. The molecule has 0 saturated heterocycles. The second kappa shape index (κ2) is 5.57. The molecule has 1 aromatic rings. The van der Waals surface area contributed by atoms with Gasteiger partial charge in [0.25, 0.3) is 0 Å². The molecule has 0 spiro atoms. The van der Waals surface area contributed by atoms with E-state index >= 15 is 0 Å². The zero-order chi connectivity index (χ0) is 9.52. The van der Waals surface area contributed by atoms with E-state index in [2.05, 4.69) is 6.92 Å². The van der Waals surface area contributed by atoms with Crippen molar-refractivity contribution in [2.24, 2.45) is 0 Å². The molecule has 0 bridgehead atoms. The molecule has 0 aliphatic rings. The highest BCUT2D eigenvalue weighted by Gasteiger charge is 2.04. The minimum Gasteiger partial charge on any atom is -0.271 e. The molecule has 0 radical (unpaired) electrons. The molecule has 0 atom stereocenters. The van der Waals surface area contributed by atoms with Gasteiger partial charge in [0, 0.05) is 23.8 Å². The Morgan fingerprint density at radius 2 is 2.15 bits per heavy atom. The van der Waals surface area contributed by atoms with Gasteiger partial charge < -0.3 is 0 Å². The first kappa shape index (κ1) is 10.0. The summed E-state index contributed by atoms with van der Waals surface area (Å²) in [6.45, 7) is 5.05. The zero-order valence-electron chi connectivity index (χ0n) is 8.49. The fraction of sp³-hybridized carbons (Fsp3) is 0.545. The summed E-state index contributed by atoms with van der Waals surface area (Å²) in [7, 11) is 0. The van der Waals surface area contributed by atoms with E-state index in [-0.39, 0.29) is 0 Å². The summed E-state index contributed by atoms with van der Waals surface area (Å²) in [4.78, 5) is 5.56. The van der Waals surface area contributed by atoms with E-state index in [0.717, 1.165) is 18.7 Å². The third kappa shape index (κ3) is 3.45. The Morgan fingerprint density at radius 1 is 1.31 bits per heavy atom. The topological polar surface area (TPSA) is 13.1 Å².